The van der Waals surface area contributed by atoms with Crippen LogP contribution in [0.4, 0.5) is 5.69 Å². The number of anilines is 1. The van der Waals surface area contributed by atoms with Crippen LogP contribution in [-0.2, 0) is 6.54 Å². The number of rotatable bonds is 6. The quantitative estimate of drug-likeness (QED) is 0.223. The molecule has 1 saturated heterocycles. The molecular formula is C33H31ClN6O3. The molecule has 6 rings (SSSR count). The van der Waals surface area contributed by atoms with Gasteiger partial charge in [-0.3, -0.25) is 14.4 Å². The van der Waals surface area contributed by atoms with Gasteiger partial charge in [-0.1, -0.05) is 41.9 Å². The molecule has 1 aliphatic rings. The van der Waals surface area contributed by atoms with Gasteiger partial charge in [-0.25, -0.2) is 0 Å². The number of halogens is 1. The second-order valence-electron chi connectivity index (χ2n) is 10.8. The molecule has 5 aromatic rings. The predicted molar refractivity (Wildman–Crippen MR) is 170 cm³/mol. The number of nitrogens with two attached hydrogens (primary N) is 2. The van der Waals surface area contributed by atoms with Crippen LogP contribution in [0.3, 0.4) is 0 Å². The van der Waals surface area contributed by atoms with Crippen LogP contribution in [0.15, 0.2) is 72.8 Å². The van der Waals surface area contributed by atoms with Crippen molar-refractivity contribution in [3.8, 4) is 11.1 Å². The number of nitrogens with one attached hydrogen (secondary N) is 2. The zero-order chi connectivity index (χ0) is 30.2. The molecule has 0 aliphatic carbocycles. The molecule has 2 heterocycles. The van der Waals surface area contributed by atoms with Crippen LogP contribution in [0.5, 0.6) is 0 Å². The van der Waals surface area contributed by atoms with E-state index in [0.29, 0.717) is 51.5 Å². The zero-order valence-corrected chi connectivity index (χ0v) is 24.4. The van der Waals surface area contributed by atoms with Gasteiger partial charge < -0.3 is 31.6 Å². The number of hydrogen-bond acceptors (Lipinski definition) is 5. The topological polar surface area (TPSA) is 138 Å². The molecule has 9 nitrogen and oxygen atoms in total. The number of likely N-dealkylation sites (N-methyl/N-ethyl adjacent to an activating group) is 1. The first-order chi connectivity index (χ1) is 20.7. The number of hydrogen-bond donors (Lipinski definition) is 4. The summed E-state index contributed by atoms with van der Waals surface area (Å²) in [5.41, 5.74) is 17.6. The average Bonchev–Trinajstić information content (AvgIpc) is 3.39. The second-order valence-corrected chi connectivity index (χ2v) is 11.2. The van der Waals surface area contributed by atoms with Gasteiger partial charge in [0.2, 0.25) is 0 Å². The predicted octanol–water partition coefficient (Wildman–Crippen LogP) is 4.84. The molecule has 1 aliphatic heterocycles. The monoisotopic (exact) mass is 594 g/mol. The molecule has 1 fully saturated rings. The van der Waals surface area contributed by atoms with Crippen LogP contribution in [-0.4, -0.2) is 65.7 Å². The summed E-state index contributed by atoms with van der Waals surface area (Å²) in [6.45, 7) is 3.14. The van der Waals surface area contributed by atoms with E-state index < -0.39 is 5.91 Å². The molecule has 218 valence electrons. The molecule has 0 saturated carbocycles. The van der Waals surface area contributed by atoms with E-state index in [9.17, 15) is 14.4 Å². The van der Waals surface area contributed by atoms with Gasteiger partial charge in [0, 0.05) is 70.8 Å². The van der Waals surface area contributed by atoms with E-state index in [0.717, 1.165) is 40.6 Å². The lowest BCUT2D eigenvalue weighted by Crippen LogP contribution is -2.47. The van der Waals surface area contributed by atoms with Gasteiger partial charge in [0.25, 0.3) is 17.7 Å². The lowest BCUT2D eigenvalue weighted by Gasteiger charge is -2.32. The summed E-state index contributed by atoms with van der Waals surface area (Å²) in [5.74, 6) is -0.913. The standard InChI is InChI=1S/C33H31ClN6O3/c1-39-12-14-40(15-13-39)33(43)20-8-9-24-28(17-20)37-30-25(31(36)41)11-10-23(29(24)30)22-6-3-7-27(26(22)18-35)38-32(42)19-4-2-5-21(34)16-19/h2-11,16-17,37H,12-15,18,35H2,1H3,(H2,36,41)(H,38,42). The first-order valence-electron chi connectivity index (χ1n) is 14.0. The number of primary amides is 1. The molecule has 0 bridgehead atoms. The fourth-order valence-corrected chi connectivity index (χ4v) is 5.96. The van der Waals surface area contributed by atoms with Crippen molar-refractivity contribution >= 4 is 56.8 Å². The van der Waals surface area contributed by atoms with E-state index in [1.807, 2.05) is 48.3 Å². The average molecular weight is 595 g/mol. The number of piperazine rings is 1. The number of nitrogens with zero attached hydrogens (tertiary/aromatic N) is 2. The number of aromatic nitrogens is 1. The zero-order valence-electron chi connectivity index (χ0n) is 23.6. The Morgan fingerprint density at radius 2 is 1.67 bits per heavy atom. The lowest BCUT2D eigenvalue weighted by molar-refractivity contribution is 0.0664. The van der Waals surface area contributed by atoms with Crippen LogP contribution in [0.1, 0.15) is 36.6 Å². The van der Waals surface area contributed by atoms with Gasteiger partial charge in [-0.05, 0) is 66.2 Å². The summed E-state index contributed by atoms with van der Waals surface area (Å²) in [6, 6.07) is 21.4. The minimum Gasteiger partial charge on any atom is -0.366 e. The van der Waals surface area contributed by atoms with Crippen molar-refractivity contribution in [2.24, 2.45) is 11.5 Å². The molecule has 0 radical (unpaired) electrons. The summed E-state index contributed by atoms with van der Waals surface area (Å²) in [5, 5.41) is 5.04. The minimum atomic E-state index is -0.571. The van der Waals surface area contributed by atoms with Gasteiger partial charge in [-0.2, -0.15) is 0 Å². The molecule has 0 atom stereocenters. The summed E-state index contributed by atoms with van der Waals surface area (Å²) < 4.78 is 0. The number of benzene rings is 4. The van der Waals surface area contributed by atoms with Crippen LogP contribution < -0.4 is 16.8 Å². The molecule has 1 aromatic heterocycles. The number of aromatic amines is 1. The fourth-order valence-electron chi connectivity index (χ4n) is 5.77. The van der Waals surface area contributed by atoms with E-state index in [1.54, 1.807) is 36.4 Å². The normalized spacial score (nSPS) is 13.9. The third-order valence-corrected chi connectivity index (χ3v) is 8.30. The Hall–Kier alpha value is -4.70. The van der Waals surface area contributed by atoms with Gasteiger partial charge in [-0.15, -0.1) is 0 Å². The van der Waals surface area contributed by atoms with Crippen molar-refractivity contribution < 1.29 is 14.4 Å². The van der Waals surface area contributed by atoms with Crippen molar-refractivity contribution in [3.63, 3.8) is 0 Å². The highest BCUT2D eigenvalue weighted by Crippen LogP contribution is 2.39. The summed E-state index contributed by atoms with van der Waals surface area (Å²) in [6.07, 6.45) is 0. The highest BCUT2D eigenvalue weighted by molar-refractivity contribution is 6.31. The SMILES string of the molecule is CN1CCN(C(=O)c2ccc3c(c2)[nH]c2c(C(N)=O)ccc(-c4cccc(NC(=O)c5cccc(Cl)c5)c4CN)c23)CC1. The van der Waals surface area contributed by atoms with Gasteiger partial charge >= 0.3 is 0 Å². The Morgan fingerprint density at radius 1 is 0.907 bits per heavy atom. The van der Waals surface area contributed by atoms with Gasteiger partial charge in [0.15, 0.2) is 0 Å². The van der Waals surface area contributed by atoms with Crippen LogP contribution >= 0.6 is 11.6 Å². The second kappa shape index (κ2) is 11.5. The van der Waals surface area contributed by atoms with Gasteiger partial charge in [0.05, 0.1) is 11.1 Å². The maximum absolute atomic E-state index is 13.3. The number of fused-ring (bicyclic) bond motifs is 3. The van der Waals surface area contributed by atoms with Crippen molar-refractivity contribution in [3.05, 3.63) is 100 Å². The third kappa shape index (κ3) is 5.34. The number of H-pyrrole nitrogens is 1. The van der Waals surface area contributed by atoms with Gasteiger partial charge in [0.1, 0.15) is 0 Å². The molecule has 0 spiro atoms. The maximum atomic E-state index is 13.3. The van der Waals surface area contributed by atoms with Crippen LogP contribution in [0.25, 0.3) is 32.9 Å². The maximum Gasteiger partial charge on any atom is 0.255 e. The largest absolute Gasteiger partial charge is 0.366 e. The molecule has 3 amide bonds. The molecule has 6 N–H and O–H groups in total. The number of carbonyl (C=O) groups excluding carboxylic acids is 3. The van der Waals surface area contributed by atoms with E-state index >= 15 is 0 Å². The molecule has 0 unspecified atom stereocenters. The Morgan fingerprint density at radius 3 is 2.40 bits per heavy atom. The Kier molecular flexibility index (Phi) is 7.62. The smallest absolute Gasteiger partial charge is 0.255 e. The Bertz CT molecular complexity index is 1910. The van der Waals surface area contributed by atoms with Crippen LogP contribution in [0, 0.1) is 0 Å². The van der Waals surface area contributed by atoms with E-state index in [4.69, 9.17) is 23.1 Å². The van der Waals surface area contributed by atoms with Crippen molar-refractivity contribution in [1.29, 1.82) is 0 Å². The first kappa shape index (κ1) is 28.4. The van der Waals surface area contributed by atoms with E-state index in [2.05, 4.69) is 15.2 Å². The Labute approximate surface area is 253 Å². The molecule has 4 aromatic carbocycles. The molecule has 10 heteroatoms. The fraction of sp³-hybridized carbons (Fsp3) is 0.182. The van der Waals surface area contributed by atoms with E-state index in [-0.39, 0.29) is 18.4 Å². The minimum absolute atomic E-state index is 0.0300. The number of carbonyl (C=O) groups is 3. The van der Waals surface area contributed by atoms with E-state index in [1.165, 1.54) is 0 Å². The number of amides is 3. The highest BCUT2D eigenvalue weighted by atomic mass is 35.5. The van der Waals surface area contributed by atoms with Crippen LogP contribution in [0.2, 0.25) is 5.02 Å². The Balaban J connectivity index is 1.46. The van der Waals surface area contributed by atoms with Crippen molar-refractivity contribution in [1.82, 2.24) is 14.8 Å². The summed E-state index contributed by atoms with van der Waals surface area (Å²) in [4.78, 5) is 46.3. The third-order valence-electron chi connectivity index (χ3n) is 8.06. The highest BCUT2D eigenvalue weighted by Gasteiger charge is 2.23. The first-order valence-corrected chi connectivity index (χ1v) is 14.4. The molecule has 43 heavy (non-hydrogen) atoms. The lowest BCUT2D eigenvalue weighted by atomic mass is 9.92. The van der Waals surface area contributed by atoms with Crippen molar-refractivity contribution in [2.75, 3.05) is 38.5 Å². The molecular weight excluding hydrogens is 564 g/mol. The van der Waals surface area contributed by atoms with Crippen molar-refractivity contribution in [2.45, 2.75) is 6.54 Å². The summed E-state index contributed by atoms with van der Waals surface area (Å²) in [7, 11) is 2.05. The summed E-state index contributed by atoms with van der Waals surface area (Å²) >= 11 is 6.10.